The molecule has 0 saturated carbocycles. The minimum Gasteiger partial charge on any atom is -0.496 e. The van der Waals surface area contributed by atoms with Gasteiger partial charge in [-0.25, -0.2) is 4.79 Å². The fourth-order valence-corrected chi connectivity index (χ4v) is 4.07. The lowest BCUT2D eigenvalue weighted by Gasteiger charge is -2.21. The Hall–Kier alpha value is -3.47. The zero-order valence-corrected chi connectivity index (χ0v) is 15.3. The lowest BCUT2D eigenvalue weighted by atomic mass is 9.85. The second kappa shape index (κ2) is 6.30. The first-order valence-electron chi connectivity index (χ1n) is 9.24. The second-order valence-electron chi connectivity index (χ2n) is 6.89. The molecule has 2 aromatic heterocycles. The van der Waals surface area contributed by atoms with E-state index in [1.165, 1.54) is 0 Å². The second-order valence-corrected chi connectivity index (χ2v) is 6.89. The largest absolute Gasteiger partial charge is 0.496 e. The van der Waals surface area contributed by atoms with Gasteiger partial charge in [-0.2, -0.15) is 0 Å². The molecular formula is C23H17NO4. The third-order valence-corrected chi connectivity index (χ3v) is 5.29. The number of hydrogen-bond acceptors (Lipinski definition) is 5. The number of Topliss-reactive ketones (excluding diaryl/α,β-unsaturated/α-hetero) is 1. The molecule has 4 aromatic rings. The minimum atomic E-state index is -0.497. The molecule has 5 heteroatoms. The molecule has 1 aliphatic rings. The SMILES string of the molecule is COc1ccccc1-c1c2c(nc3c1c(=O)oc1ccccc13)CCCC2=O. The smallest absolute Gasteiger partial charge is 0.346 e. The molecule has 5 rings (SSSR count). The van der Waals surface area contributed by atoms with Crippen molar-refractivity contribution in [3.63, 3.8) is 0 Å². The summed E-state index contributed by atoms with van der Waals surface area (Å²) >= 11 is 0. The van der Waals surface area contributed by atoms with Crippen LogP contribution in [0.5, 0.6) is 5.75 Å². The third-order valence-electron chi connectivity index (χ3n) is 5.29. The van der Waals surface area contributed by atoms with Crippen LogP contribution in [0.25, 0.3) is 33.0 Å². The van der Waals surface area contributed by atoms with Crippen LogP contribution < -0.4 is 10.4 Å². The Kier molecular flexibility index (Phi) is 3.76. The summed E-state index contributed by atoms with van der Waals surface area (Å²) in [7, 11) is 1.58. The van der Waals surface area contributed by atoms with Crippen LogP contribution in [0.2, 0.25) is 0 Å². The molecule has 28 heavy (non-hydrogen) atoms. The first-order chi connectivity index (χ1) is 13.7. The van der Waals surface area contributed by atoms with Gasteiger partial charge < -0.3 is 9.15 Å². The molecule has 0 spiro atoms. The molecule has 2 heterocycles. The number of nitrogens with zero attached hydrogens (tertiary/aromatic N) is 1. The minimum absolute atomic E-state index is 0.00381. The number of ketones is 1. The molecule has 0 N–H and O–H groups in total. The standard InChI is InChI=1S/C23H17NO4/c1-27-17-11-4-2-7-13(17)19-20-15(9-6-10-16(20)25)24-22-14-8-3-5-12-18(14)28-23(26)21(19)22/h2-5,7-8,11-12H,6,9-10H2,1H3. The molecule has 0 amide bonds. The summed E-state index contributed by atoms with van der Waals surface area (Å²) in [5, 5.41) is 1.09. The maximum atomic E-state index is 13.0. The zero-order chi connectivity index (χ0) is 19.3. The number of methoxy groups -OCH3 is 1. The zero-order valence-electron chi connectivity index (χ0n) is 15.3. The summed E-state index contributed by atoms with van der Waals surface area (Å²) in [4.78, 5) is 30.7. The Morgan fingerprint density at radius 1 is 0.964 bits per heavy atom. The van der Waals surface area contributed by atoms with E-state index in [0.717, 1.165) is 17.5 Å². The van der Waals surface area contributed by atoms with E-state index in [1.54, 1.807) is 13.2 Å². The summed E-state index contributed by atoms with van der Waals surface area (Å²) in [6, 6.07) is 14.8. The summed E-state index contributed by atoms with van der Waals surface area (Å²) in [5.41, 5.74) is 3.09. The van der Waals surface area contributed by atoms with Crippen LogP contribution >= 0.6 is 0 Å². The van der Waals surface area contributed by atoms with Crippen LogP contribution in [0.3, 0.4) is 0 Å². The average molecular weight is 371 g/mol. The number of aromatic nitrogens is 1. The van der Waals surface area contributed by atoms with E-state index in [2.05, 4.69) is 0 Å². The average Bonchev–Trinajstić information content (AvgIpc) is 2.72. The van der Waals surface area contributed by atoms with Crippen molar-refractivity contribution in [1.29, 1.82) is 0 Å². The number of carbonyl (C=O) groups is 1. The lowest BCUT2D eigenvalue weighted by molar-refractivity contribution is 0.0972. The van der Waals surface area contributed by atoms with Crippen molar-refractivity contribution in [3.8, 4) is 16.9 Å². The van der Waals surface area contributed by atoms with Crippen LogP contribution in [0.1, 0.15) is 28.9 Å². The van der Waals surface area contributed by atoms with Gasteiger partial charge in [-0.3, -0.25) is 9.78 Å². The molecule has 1 aliphatic carbocycles. The van der Waals surface area contributed by atoms with Crippen LogP contribution in [0, 0.1) is 0 Å². The van der Waals surface area contributed by atoms with E-state index in [1.807, 2.05) is 42.5 Å². The number of fused-ring (bicyclic) bond motifs is 4. The van der Waals surface area contributed by atoms with E-state index in [4.69, 9.17) is 14.1 Å². The van der Waals surface area contributed by atoms with Crippen molar-refractivity contribution in [1.82, 2.24) is 4.98 Å². The summed E-state index contributed by atoms with van der Waals surface area (Å²) in [5.74, 6) is 0.604. The highest BCUT2D eigenvalue weighted by Gasteiger charge is 2.29. The number of aryl methyl sites for hydroxylation is 1. The monoisotopic (exact) mass is 371 g/mol. The number of ether oxygens (including phenoxy) is 1. The molecular weight excluding hydrogens is 354 g/mol. The molecule has 0 radical (unpaired) electrons. The van der Waals surface area contributed by atoms with Crippen molar-refractivity contribution < 1.29 is 13.9 Å². The Bertz CT molecular complexity index is 1320. The van der Waals surface area contributed by atoms with Gasteiger partial charge in [0.05, 0.1) is 23.7 Å². The van der Waals surface area contributed by atoms with Crippen molar-refractivity contribution in [2.75, 3.05) is 7.11 Å². The maximum Gasteiger partial charge on any atom is 0.346 e. The van der Waals surface area contributed by atoms with Crippen LogP contribution in [-0.4, -0.2) is 17.9 Å². The number of para-hydroxylation sites is 2. The molecule has 138 valence electrons. The fraction of sp³-hybridized carbons (Fsp3) is 0.174. The van der Waals surface area contributed by atoms with E-state index in [-0.39, 0.29) is 5.78 Å². The molecule has 2 aromatic carbocycles. The topological polar surface area (TPSA) is 69.4 Å². The van der Waals surface area contributed by atoms with Gasteiger partial charge in [-0.05, 0) is 31.0 Å². The highest BCUT2D eigenvalue weighted by atomic mass is 16.5. The molecule has 0 saturated heterocycles. The van der Waals surface area contributed by atoms with Gasteiger partial charge in [0.25, 0.3) is 0 Å². The number of carbonyl (C=O) groups excluding carboxylic acids is 1. The summed E-state index contributed by atoms with van der Waals surface area (Å²) < 4.78 is 11.1. The quantitative estimate of drug-likeness (QED) is 0.382. The van der Waals surface area contributed by atoms with Crippen LogP contribution in [-0.2, 0) is 6.42 Å². The van der Waals surface area contributed by atoms with Gasteiger partial charge in [0.1, 0.15) is 11.3 Å². The third kappa shape index (κ3) is 2.36. The van der Waals surface area contributed by atoms with E-state index in [0.29, 0.717) is 51.8 Å². The first-order valence-corrected chi connectivity index (χ1v) is 9.24. The van der Waals surface area contributed by atoms with Gasteiger partial charge in [-0.1, -0.05) is 30.3 Å². The fourth-order valence-electron chi connectivity index (χ4n) is 4.07. The van der Waals surface area contributed by atoms with Crippen molar-refractivity contribution in [2.45, 2.75) is 19.3 Å². The first kappa shape index (κ1) is 16.7. The lowest BCUT2D eigenvalue weighted by Crippen LogP contribution is -2.17. The molecule has 0 fully saturated rings. The number of hydrogen-bond donors (Lipinski definition) is 0. The maximum absolute atomic E-state index is 13.0. The normalized spacial score (nSPS) is 13.7. The number of rotatable bonds is 2. The van der Waals surface area contributed by atoms with E-state index in [9.17, 15) is 9.59 Å². The predicted molar refractivity (Wildman–Crippen MR) is 107 cm³/mol. The molecule has 0 bridgehead atoms. The highest BCUT2D eigenvalue weighted by molar-refractivity contribution is 6.15. The number of pyridine rings is 1. The van der Waals surface area contributed by atoms with Crippen molar-refractivity contribution in [3.05, 3.63) is 70.2 Å². The number of benzene rings is 2. The van der Waals surface area contributed by atoms with Crippen molar-refractivity contribution >= 4 is 27.7 Å². The Labute approximate surface area is 160 Å². The Balaban J connectivity index is 2.05. The Morgan fingerprint density at radius 2 is 1.75 bits per heavy atom. The van der Waals surface area contributed by atoms with Gasteiger partial charge in [0.2, 0.25) is 0 Å². The van der Waals surface area contributed by atoms with Gasteiger partial charge in [0, 0.05) is 28.5 Å². The predicted octanol–water partition coefficient (Wildman–Crippen LogP) is 4.54. The van der Waals surface area contributed by atoms with E-state index < -0.39 is 5.63 Å². The highest BCUT2D eigenvalue weighted by Crippen LogP contribution is 2.40. The van der Waals surface area contributed by atoms with Gasteiger partial charge in [-0.15, -0.1) is 0 Å². The molecule has 0 unspecified atom stereocenters. The van der Waals surface area contributed by atoms with Crippen molar-refractivity contribution in [2.24, 2.45) is 0 Å². The van der Waals surface area contributed by atoms with Gasteiger partial charge >= 0.3 is 5.63 Å². The molecule has 0 atom stereocenters. The summed E-state index contributed by atoms with van der Waals surface area (Å²) in [6.07, 6.45) is 1.91. The van der Waals surface area contributed by atoms with Crippen LogP contribution in [0.15, 0.2) is 57.7 Å². The van der Waals surface area contributed by atoms with E-state index >= 15 is 0 Å². The molecule has 0 aliphatic heterocycles. The molecule has 5 nitrogen and oxygen atoms in total. The van der Waals surface area contributed by atoms with Gasteiger partial charge in [0.15, 0.2) is 5.78 Å². The summed E-state index contributed by atoms with van der Waals surface area (Å²) in [6.45, 7) is 0. The van der Waals surface area contributed by atoms with Crippen LogP contribution in [0.4, 0.5) is 0 Å². The Morgan fingerprint density at radius 3 is 2.61 bits per heavy atom.